The van der Waals surface area contributed by atoms with Crippen molar-refractivity contribution in [3.63, 3.8) is 0 Å². The standard InChI is InChI=1S/C16H28N2O2S/c1-6-14-7-8-16(9-15(14)10-17)21(19,20)18(13(4)5)11-12(2)3/h7-9,12-13H,6,10-11,17H2,1-5H3. The summed E-state index contributed by atoms with van der Waals surface area (Å²) in [5, 5.41) is 0. The Bertz CT molecular complexity index is 566. The number of nitrogens with zero attached hydrogens (tertiary/aromatic N) is 1. The number of hydrogen-bond donors (Lipinski definition) is 1. The van der Waals surface area contributed by atoms with Gasteiger partial charge in [-0.3, -0.25) is 0 Å². The monoisotopic (exact) mass is 312 g/mol. The van der Waals surface area contributed by atoms with E-state index in [0.29, 0.717) is 18.0 Å². The second-order valence-electron chi connectivity index (χ2n) is 6.05. The van der Waals surface area contributed by atoms with E-state index in [-0.39, 0.29) is 12.0 Å². The molecule has 0 spiro atoms. The molecule has 0 amide bonds. The summed E-state index contributed by atoms with van der Waals surface area (Å²) in [6, 6.07) is 5.24. The van der Waals surface area contributed by atoms with E-state index >= 15 is 0 Å². The Hall–Kier alpha value is -0.910. The quantitative estimate of drug-likeness (QED) is 0.842. The molecular weight excluding hydrogens is 284 g/mol. The number of hydrogen-bond acceptors (Lipinski definition) is 3. The van der Waals surface area contributed by atoms with Crippen molar-refractivity contribution >= 4 is 10.0 Å². The van der Waals surface area contributed by atoms with Gasteiger partial charge in [-0.15, -0.1) is 0 Å². The topological polar surface area (TPSA) is 63.4 Å². The van der Waals surface area contributed by atoms with Crippen LogP contribution in [0, 0.1) is 5.92 Å². The molecule has 2 N–H and O–H groups in total. The predicted octanol–water partition coefficient (Wildman–Crippen LogP) is 2.76. The molecule has 4 nitrogen and oxygen atoms in total. The predicted molar refractivity (Wildman–Crippen MR) is 87.6 cm³/mol. The van der Waals surface area contributed by atoms with Crippen LogP contribution in [-0.2, 0) is 23.0 Å². The van der Waals surface area contributed by atoms with Crippen molar-refractivity contribution in [1.29, 1.82) is 0 Å². The van der Waals surface area contributed by atoms with Crippen LogP contribution in [0.3, 0.4) is 0 Å². The number of aryl methyl sites for hydroxylation is 1. The molecule has 0 unspecified atom stereocenters. The summed E-state index contributed by atoms with van der Waals surface area (Å²) in [6.45, 7) is 10.8. The summed E-state index contributed by atoms with van der Waals surface area (Å²) in [5.74, 6) is 0.283. The molecule has 21 heavy (non-hydrogen) atoms. The van der Waals surface area contributed by atoms with E-state index in [9.17, 15) is 8.42 Å². The van der Waals surface area contributed by atoms with Crippen molar-refractivity contribution in [2.45, 2.75) is 58.5 Å². The van der Waals surface area contributed by atoms with Crippen LogP contribution < -0.4 is 5.73 Å². The molecule has 0 aliphatic carbocycles. The van der Waals surface area contributed by atoms with Crippen LogP contribution >= 0.6 is 0 Å². The first-order valence-corrected chi connectivity index (χ1v) is 9.01. The molecule has 0 fully saturated rings. The molecule has 0 saturated heterocycles. The van der Waals surface area contributed by atoms with Gasteiger partial charge in [-0.1, -0.05) is 26.8 Å². The maximum absolute atomic E-state index is 12.9. The summed E-state index contributed by atoms with van der Waals surface area (Å²) in [7, 11) is -3.48. The lowest BCUT2D eigenvalue weighted by Crippen LogP contribution is -2.39. The molecule has 0 bridgehead atoms. The van der Waals surface area contributed by atoms with Crippen molar-refractivity contribution in [1.82, 2.24) is 4.31 Å². The normalized spacial score (nSPS) is 12.6. The van der Waals surface area contributed by atoms with Crippen LogP contribution in [0.4, 0.5) is 0 Å². The second-order valence-corrected chi connectivity index (χ2v) is 7.94. The third kappa shape index (κ3) is 4.28. The van der Waals surface area contributed by atoms with Crippen LogP contribution in [0.25, 0.3) is 0 Å². The van der Waals surface area contributed by atoms with Crippen LogP contribution in [0.15, 0.2) is 23.1 Å². The third-order valence-corrected chi connectivity index (χ3v) is 5.54. The van der Waals surface area contributed by atoms with Gasteiger partial charge in [0.15, 0.2) is 0 Å². The molecule has 0 aliphatic rings. The lowest BCUT2D eigenvalue weighted by Gasteiger charge is -2.28. The molecule has 0 radical (unpaired) electrons. The van der Waals surface area contributed by atoms with Crippen molar-refractivity contribution in [3.05, 3.63) is 29.3 Å². The summed E-state index contributed by atoms with van der Waals surface area (Å²) in [4.78, 5) is 0.342. The number of nitrogens with two attached hydrogens (primary N) is 1. The van der Waals surface area contributed by atoms with E-state index in [4.69, 9.17) is 5.73 Å². The molecule has 5 heteroatoms. The van der Waals surface area contributed by atoms with Crippen molar-refractivity contribution in [2.24, 2.45) is 11.7 Å². The molecule has 1 aromatic carbocycles. The van der Waals surface area contributed by atoms with Gasteiger partial charge in [-0.2, -0.15) is 4.31 Å². The zero-order valence-corrected chi connectivity index (χ0v) is 14.6. The van der Waals surface area contributed by atoms with E-state index in [1.807, 2.05) is 40.7 Å². The largest absolute Gasteiger partial charge is 0.326 e. The van der Waals surface area contributed by atoms with Crippen LogP contribution in [0.2, 0.25) is 0 Å². The first-order valence-electron chi connectivity index (χ1n) is 7.57. The minimum Gasteiger partial charge on any atom is -0.326 e. The molecule has 0 aromatic heterocycles. The maximum Gasteiger partial charge on any atom is 0.243 e. The first kappa shape index (κ1) is 18.1. The highest BCUT2D eigenvalue weighted by molar-refractivity contribution is 7.89. The minimum atomic E-state index is -3.48. The van der Waals surface area contributed by atoms with Gasteiger partial charge >= 0.3 is 0 Å². The number of sulfonamides is 1. The van der Waals surface area contributed by atoms with Gasteiger partial charge in [0.2, 0.25) is 10.0 Å². The Morgan fingerprint density at radius 3 is 2.19 bits per heavy atom. The molecule has 1 aromatic rings. The van der Waals surface area contributed by atoms with Gasteiger partial charge in [0.25, 0.3) is 0 Å². The molecule has 120 valence electrons. The Kier molecular flexibility index (Phi) is 6.38. The van der Waals surface area contributed by atoms with Crippen molar-refractivity contribution < 1.29 is 8.42 Å². The Morgan fingerprint density at radius 2 is 1.76 bits per heavy atom. The zero-order valence-electron chi connectivity index (χ0n) is 13.8. The highest BCUT2D eigenvalue weighted by Crippen LogP contribution is 2.22. The fraction of sp³-hybridized carbons (Fsp3) is 0.625. The van der Waals surface area contributed by atoms with Gasteiger partial charge in [-0.05, 0) is 49.4 Å². The van der Waals surface area contributed by atoms with E-state index in [2.05, 4.69) is 0 Å². The molecule has 0 saturated carbocycles. The van der Waals surface area contributed by atoms with E-state index in [1.54, 1.807) is 16.4 Å². The average Bonchev–Trinajstić information content (AvgIpc) is 2.43. The summed E-state index contributed by atoms with van der Waals surface area (Å²) >= 11 is 0. The fourth-order valence-corrected chi connectivity index (χ4v) is 4.23. The molecule has 0 aliphatic heterocycles. The van der Waals surface area contributed by atoms with Crippen molar-refractivity contribution in [2.75, 3.05) is 6.54 Å². The van der Waals surface area contributed by atoms with Gasteiger partial charge in [0.1, 0.15) is 0 Å². The molecule has 0 heterocycles. The number of benzene rings is 1. The Morgan fingerprint density at radius 1 is 1.14 bits per heavy atom. The SMILES string of the molecule is CCc1ccc(S(=O)(=O)N(CC(C)C)C(C)C)cc1CN. The highest BCUT2D eigenvalue weighted by atomic mass is 32.2. The summed E-state index contributed by atoms with van der Waals surface area (Å²) in [6.07, 6.45) is 0.854. The van der Waals surface area contributed by atoms with Gasteiger partial charge in [-0.25, -0.2) is 8.42 Å². The van der Waals surface area contributed by atoms with Crippen molar-refractivity contribution in [3.8, 4) is 0 Å². The van der Waals surface area contributed by atoms with E-state index < -0.39 is 10.0 Å². The van der Waals surface area contributed by atoms with E-state index in [0.717, 1.165) is 17.5 Å². The van der Waals surface area contributed by atoms with Crippen LogP contribution in [0.5, 0.6) is 0 Å². The first-order chi connectivity index (χ1) is 9.73. The minimum absolute atomic E-state index is 0.0652. The molecule has 0 atom stereocenters. The smallest absolute Gasteiger partial charge is 0.243 e. The Balaban J connectivity index is 3.28. The average molecular weight is 312 g/mol. The van der Waals surface area contributed by atoms with Crippen LogP contribution in [0.1, 0.15) is 45.7 Å². The summed E-state index contributed by atoms with van der Waals surface area (Å²) < 4.78 is 27.3. The molecular formula is C16H28N2O2S. The van der Waals surface area contributed by atoms with Gasteiger partial charge in [0.05, 0.1) is 4.90 Å². The van der Waals surface area contributed by atoms with Gasteiger partial charge in [0, 0.05) is 19.1 Å². The lowest BCUT2D eigenvalue weighted by atomic mass is 10.1. The lowest BCUT2D eigenvalue weighted by molar-refractivity contribution is 0.319. The zero-order chi connectivity index (χ0) is 16.2. The highest BCUT2D eigenvalue weighted by Gasteiger charge is 2.27. The van der Waals surface area contributed by atoms with Crippen LogP contribution in [-0.4, -0.2) is 25.3 Å². The number of rotatable bonds is 7. The third-order valence-electron chi connectivity index (χ3n) is 3.51. The summed E-state index contributed by atoms with van der Waals surface area (Å²) in [5.41, 5.74) is 7.76. The Labute approximate surface area is 129 Å². The second kappa shape index (κ2) is 7.38. The fourth-order valence-electron chi connectivity index (χ4n) is 2.38. The van der Waals surface area contributed by atoms with E-state index in [1.165, 1.54) is 0 Å². The molecule has 1 rings (SSSR count). The maximum atomic E-state index is 12.9. The van der Waals surface area contributed by atoms with Gasteiger partial charge < -0.3 is 5.73 Å².